The van der Waals surface area contributed by atoms with Crippen LogP contribution >= 0.6 is 10.7 Å². The summed E-state index contributed by atoms with van der Waals surface area (Å²) in [4.78, 5) is 10.9. The Bertz CT molecular complexity index is 524. The van der Waals surface area contributed by atoms with E-state index in [2.05, 4.69) is 0 Å². The van der Waals surface area contributed by atoms with Crippen LogP contribution in [0.3, 0.4) is 0 Å². The SMILES string of the molecule is COc1cc(CS(=O)(=O)Cl)cc(C=O)c1OC. The number of aldehydes is 1. The third-order valence-corrected chi connectivity index (χ3v) is 3.04. The number of hydrogen-bond donors (Lipinski definition) is 0. The van der Waals surface area contributed by atoms with Crippen molar-refractivity contribution in [2.75, 3.05) is 14.2 Å². The average Bonchev–Trinajstić information content (AvgIpc) is 2.25. The minimum atomic E-state index is -3.69. The van der Waals surface area contributed by atoms with Crippen molar-refractivity contribution in [1.29, 1.82) is 0 Å². The monoisotopic (exact) mass is 278 g/mol. The van der Waals surface area contributed by atoms with Gasteiger partial charge < -0.3 is 9.47 Å². The highest BCUT2D eigenvalue weighted by Crippen LogP contribution is 2.32. The molecule has 0 saturated carbocycles. The molecular formula is C10H11ClO5S. The van der Waals surface area contributed by atoms with E-state index in [0.717, 1.165) is 0 Å². The van der Waals surface area contributed by atoms with E-state index in [1.165, 1.54) is 26.4 Å². The second kappa shape index (κ2) is 5.37. The van der Waals surface area contributed by atoms with Gasteiger partial charge in [0, 0.05) is 10.7 Å². The summed E-state index contributed by atoms with van der Waals surface area (Å²) < 4.78 is 31.9. The van der Waals surface area contributed by atoms with Gasteiger partial charge in [-0.15, -0.1) is 0 Å². The maximum Gasteiger partial charge on any atom is 0.236 e. The number of halogens is 1. The van der Waals surface area contributed by atoms with Crippen LogP contribution in [-0.4, -0.2) is 28.9 Å². The first-order valence-electron chi connectivity index (χ1n) is 4.53. The predicted molar refractivity (Wildman–Crippen MR) is 63.4 cm³/mol. The zero-order valence-electron chi connectivity index (χ0n) is 9.27. The fourth-order valence-corrected chi connectivity index (χ4v) is 2.37. The zero-order chi connectivity index (χ0) is 13.1. The molecule has 0 unspecified atom stereocenters. The van der Waals surface area contributed by atoms with Gasteiger partial charge in [0.2, 0.25) is 9.05 Å². The van der Waals surface area contributed by atoms with Crippen LogP contribution < -0.4 is 9.47 Å². The Hall–Kier alpha value is -1.27. The summed E-state index contributed by atoms with van der Waals surface area (Å²) in [5.74, 6) is 0.168. The molecule has 1 aromatic rings. The summed E-state index contributed by atoms with van der Waals surface area (Å²) >= 11 is 0. The van der Waals surface area contributed by atoms with E-state index in [-0.39, 0.29) is 22.8 Å². The van der Waals surface area contributed by atoms with Gasteiger partial charge in [0.25, 0.3) is 0 Å². The third-order valence-electron chi connectivity index (χ3n) is 2.03. The van der Waals surface area contributed by atoms with Crippen molar-refractivity contribution in [2.45, 2.75) is 5.75 Å². The summed E-state index contributed by atoms with van der Waals surface area (Å²) in [6.45, 7) is 0. The molecule has 0 aliphatic carbocycles. The summed E-state index contributed by atoms with van der Waals surface area (Å²) in [6, 6.07) is 2.86. The number of rotatable bonds is 5. The van der Waals surface area contributed by atoms with Crippen LogP contribution in [0.5, 0.6) is 11.5 Å². The lowest BCUT2D eigenvalue weighted by molar-refractivity contribution is 0.112. The largest absolute Gasteiger partial charge is 0.493 e. The Labute approximate surface area is 104 Å². The first-order chi connectivity index (χ1) is 7.91. The molecule has 0 aliphatic rings. The molecule has 7 heteroatoms. The Kier molecular flexibility index (Phi) is 4.36. The van der Waals surface area contributed by atoms with Crippen molar-refractivity contribution in [3.8, 4) is 11.5 Å². The molecule has 0 spiro atoms. The van der Waals surface area contributed by atoms with Gasteiger partial charge in [0.15, 0.2) is 17.8 Å². The first-order valence-corrected chi connectivity index (χ1v) is 7.01. The molecule has 0 fully saturated rings. The topological polar surface area (TPSA) is 69.7 Å². The Morgan fingerprint density at radius 2 is 1.94 bits per heavy atom. The van der Waals surface area contributed by atoms with Crippen molar-refractivity contribution in [3.05, 3.63) is 23.3 Å². The number of carbonyl (C=O) groups excluding carboxylic acids is 1. The third kappa shape index (κ3) is 3.61. The zero-order valence-corrected chi connectivity index (χ0v) is 10.8. The molecule has 17 heavy (non-hydrogen) atoms. The van der Waals surface area contributed by atoms with Crippen LogP contribution in [0.15, 0.2) is 12.1 Å². The normalized spacial score (nSPS) is 11.0. The van der Waals surface area contributed by atoms with Crippen molar-refractivity contribution < 1.29 is 22.7 Å². The van der Waals surface area contributed by atoms with Crippen LogP contribution in [-0.2, 0) is 14.8 Å². The Balaban J connectivity index is 3.32. The van der Waals surface area contributed by atoms with E-state index >= 15 is 0 Å². The van der Waals surface area contributed by atoms with Gasteiger partial charge in [-0.2, -0.15) is 0 Å². The fourth-order valence-electron chi connectivity index (χ4n) is 1.42. The number of benzene rings is 1. The molecular weight excluding hydrogens is 268 g/mol. The van der Waals surface area contributed by atoms with Gasteiger partial charge >= 0.3 is 0 Å². The second-order valence-corrected chi connectivity index (χ2v) is 6.00. The lowest BCUT2D eigenvalue weighted by Crippen LogP contribution is -2.00. The maximum absolute atomic E-state index is 11.0. The molecule has 1 aromatic carbocycles. The van der Waals surface area contributed by atoms with E-state index in [1.807, 2.05) is 0 Å². The van der Waals surface area contributed by atoms with E-state index in [4.69, 9.17) is 20.2 Å². The maximum atomic E-state index is 11.0. The summed E-state index contributed by atoms with van der Waals surface area (Å²) in [5.41, 5.74) is 0.571. The van der Waals surface area contributed by atoms with Gasteiger partial charge in [0.05, 0.1) is 25.5 Å². The summed E-state index contributed by atoms with van der Waals surface area (Å²) in [6.07, 6.45) is 0.561. The second-order valence-electron chi connectivity index (χ2n) is 3.22. The van der Waals surface area contributed by atoms with Gasteiger partial charge in [0.1, 0.15) is 0 Å². The quantitative estimate of drug-likeness (QED) is 0.604. The lowest BCUT2D eigenvalue weighted by Gasteiger charge is -2.11. The van der Waals surface area contributed by atoms with Crippen LogP contribution in [0.1, 0.15) is 15.9 Å². The molecule has 0 bridgehead atoms. The minimum Gasteiger partial charge on any atom is -0.493 e. The van der Waals surface area contributed by atoms with E-state index in [9.17, 15) is 13.2 Å². The van der Waals surface area contributed by atoms with E-state index in [0.29, 0.717) is 11.8 Å². The fraction of sp³-hybridized carbons (Fsp3) is 0.300. The van der Waals surface area contributed by atoms with Crippen molar-refractivity contribution >= 4 is 26.0 Å². The molecule has 0 N–H and O–H groups in total. The van der Waals surface area contributed by atoms with Crippen LogP contribution in [0.4, 0.5) is 0 Å². The van der Waals surface area contributed by atoms with Gasteiger partial charge in [-0.1, -0.05) is 0 Å². The van der Waals surface area contributed by atoms with Gasteiger partial charge in [-0.05, 0) is 17.7 Å². The summed E-state index contributed by atoms with van der Waals surface area (Å²) in [7, 11) is 4.24. The molecule has 0 heterocycles. The van der Waals surface area contributed by atoms with Gasteiger partial charge in [-0.3, -0.25) is 4.79 Å². The molecule has 0 saturated heterocycles. The summed E-state index contributed by atoms with van der Waals surface area (Å²) in [5, 5.41) is 0. The molecule has 5 nitrogen and oxygen atoms in total. The van der Waals surface area contributed by atoms with Crippen LogP contribution in [0, 0.1) is 0 Å². The van der Waals surface area contributed by atoms with Crippen LogP contribution in [0.2, 0.25) is 0 Å². The van der Waals surface area contributed by atoms with Crippen molar-refractivity contribution in [2.24, 2.45) is 0 Å². The number of methoxy groups -OCH3 is 2. The molecule has 94 valence electrons. The first kappa shape index (κ1) is 13.8. The van der Waals surface area contributed by atoms with Gasteiger partial charge in [-0.25, -0.2) is 8.42 Å². The smallest absolute Gasteiger partial charge is 0.236 e. The molecule has 0 radical (unpaired) electrons. The highest BCUT2D eigenvalue weighted by Gasteiger charge is 2.15. The molecule has 0 atom stereocenters. The standard InChI is InChI=1S/C10H11ClO5S/c1-15-9-4-7(6-17(11,13)14)3-8(5-12)10(9)16-2/h3-5H,6H2,1-2H3. The predicted octanol–water partition coefficient (Wildman–Crippen LogP) is 1.58. The molecule has 0 aromatic heterocycles. The van der Waals surface area contributed by atoms with Crippen molar-refractivity contribution in [3.63, 3.8) is 0 Å². The minimum absolute atomic E-state index is 0.210. The Morgan fingerprint density at radius 1 is 1.29 bits per heavy atom. The molecule has 0 aliphatic heterocycles. The number of hydrogen-bond acceptors (Lipinski definition) is 5. The number of carbonyl (C=O) groups is 1. The number of ether oxygens (including phenoxy) is 2. The lowest BCUT2D eigenvalue weighted by atomic mass is 10.1. The van der Waals surface area contributed by atoms with E-state index < -0.39 is 9.05 Å². The van der Waals surface area contributed by atoms with Crippen LogP contribution in [0.25, 0.3) is 0 Å². The Morgan fingerprint density at radius 3 is 2.35 bits per heavy atom. The molecule has 1 rings (SSSR count). The highest BCUT2D eigenvalue weighted by molar-refractivity contribution is 8.13. The molecule has 0 amide bonds. The van der Waals surface area contributed by atoms with E-state index in [1.54, 1.807) is 0 Å². The highest BCUT2D eigenvalue weighted by atomic mass is 35.7. The average molecular weight is 279 g/mol. The van der Waals surface area contributed by atoms with Crippen molar-refractivity contribution in [1.82, 2.24) is 0 Å².